The molecule has 1 N–H and O–H groups in total. The fourth-order valence-corrected chi connectivity index (χ4v) is 2.64. The second-order valence-corrected chi connectivity index (χ2v) is 5.54. The van der Waals surface area contributed by atoms with Gasteiger partial charge in [0, 0.05) is 11.4 Å². The van der Waals surface area contributed by atoms with Crippen molar-refractivity contribution in [3.8, 4) is 6.07 Å². The Morgan fingerprint density at radius 2 is 2.29 bits per heavy atom. The quantitative estimate of drug-likeness (QED) is 0.804. The molecule has 2 rings (SSSR count). The summed E-state index contributed by atoms with van der Waals surface area (Å²) in [4.78, 5) is 1.05. The van der Waals surface area contributed by atoms with Gasteiger partial charge in [0.05, 0.1) is 11.3 Å². The predicted octanol–water partition coefficient (Wildman–Crippen LogP) is 3.74. The van der Waals surface area contributed by atoms with Gasteiger partial charge in [-0.1, -0.05) is 13.0 Å². The summed E-state index contributed by atoms with van der Waals surface area (Å²) in [6.45, 7) is 3.26. The highest BCUT2D eigenvalue weighted by Crippen LogP contribution is 2.36. The summed E-state index contributed by atoms with van der Waals surface area (Å²) in [5.41, 5.74) is 1.76. The van der Waals surface area contributed by atoms with Crippen molar-refractivity contribution in [3.05, 3.63) is 23.8 Å². The standard InChI is InChI=1S/C14H18N2S/c1-10(11-6-7-11)9-16-13-4-3-5-14(17-2)12(13)8-15/h3-5,10-11,16H,6-7,9H2,1-2H3. The van der Waals surface area contributed by atoms with Crippen molar-refractivity contribution >= 4 is 17.4 Å². The summed E-state index contributed by atoms with van der Waals surface area (Å²) in [6.07, 6.45) is 4.75. The van der Waals surface area contributed by atoms with E-state index in [9.17, 15) is 5.26 Å². The lowest BCUT2D eigenvalue weighted by atomic mass is 10.1. The monoisotopic (exact) mass is 246 g/mol. The fraction of sp³-hybridized carbons (Fsp3) is 0.500. The maximum Gasteiger partial charge on any atom is 0.102 e. The molecule has 1 aromatic rings. The number of hydrogen-bond donors (Lipinski definition) is 1. The van der Waals surface area contributed by atoms with Crippen molar-refractivity contribution in [2.45, 2.75) is 24.7 Å². The van der Waals surface area contributed by atoms with E-state index in [-0.39, 0.29) is 0 Å². The Morgan fingerprint density at radius 3 is 2.88 bits per heavy atom. The zero-order chi connectivity index (χ0) is 12.3. The van der Waals surface area contributed by atoms with Crippen LogP contribution in [0.5, 0.6) is 0 Å². The molecule has 1 aliphatic rings. The van der Waals surface area contributed by atoms with E-state index in [4.69, 9.17) is 0 Å². The van der Waals surface area contributed by atoms with Crippen LogP contribution in [0.15, 0.2) is 23.1 Å². The molecule has 0 bridgehead atoms. The summed E-state index contributed by atoms with van der Waals surface area (Å²) in [7, 11) is 0. The van der Waals surface area contributed by atoms with E-state index in [1.807, 2.05) is 24.5 Å². The Labute approximate surface area is 107 Å². The van der Waals surface area contributed by atoms with E-state index in [2.05, 4.69) is 18.3 Å². The van der Waals surface area contributed by atoms with Gasteiger partial charge in [-0.3, -0.25) is 0 Å². The fourth-order valence-electron chi connectivity index (χ4n) is 2.07. The molecule has 0 radical (unpaired) electrons. The smallest absolute Gasteiger partial charge is 0.102 e. The summed E-state index contributed by atoms with van der Waals surface area (Å²) in [5.74, 6) is 1.61. The largest absolute Gasteiger partial charge is 0.384 e. The van der Waals surface area contributed by atoms with Crippen molar-refractivity contribution in [1.29, 1.82) is 5.26 Å². The Kier molecular flexibility index (Phi) is 3.96. The lowest BCUT2D eigenvalue weighted by Gasteiger charge is -2.14. The zero-order valence-electron chi connectivity index (χ0n) is 10.4. The first kappa shape index (κ1) is 12.3. The van der Waals surface area contributed by atoms with Gasteiger partial charge in [-0.25, -0.2) is 0 Å². The number of thioether (sulfide) groups is 1. The van der Waals surface area contributed by atoms with Crippen molar-refractivity contribution in [1.82, 2.24) is 0 Å². The van der Waals surface area contributed by atoms with Gasteiger partial charge in [-0.05, 0) is 43.1 Å². The molecule has 0 aliphatic heterocycles. The number of benzene rings is 1. The minimum atomic E-state index is 0.708. The summed E-state index contributed by atoms with van der Waals surface area (Å²) >= 11 is 1.62. The average molecular weight is 246 g/mol. The molecule has 17 heavy (non-hydrogen) atoms. The maximum atomic E-state index is 9.21. The normalized spacial score (nSPS) is 16.3. The van der Waals surface area contributed by atoms with E-state index in [0.717, 1.165) is 28.6 Å². The molecule has 0 saturated heterocycles. The second-order valence-electron chi connectivity index (χ2n) is 4.69. The van der Waals surface area contributed by atoms with Crippen LogP contribution in [-0.4, -0.2) is 12.8 Å². The van der Waals surface area contributed by atoms with Crippen LogP contribution in [-0.2, 0) is 0 Å². The van der Waals surface area contributed by atoms with Crippen LogP contribution in [0.3, 0.4) is 0 Å². The molecule has 1 aromatic carbocycles. The van der Waals surface area contributed by atoms with Gasteiger partial charge >= 0.3 is 0 Å². The van der Waals surface area contributed by atoms with Gasteiger partial charge in [0.2, 0.25) is 0 Å². The van der Waals surface area contributed by atoms with Gasteiger partial charge in [-0.15, -0.1) is 11.8 Å². The molecule has 90 valence electrons. The van der Waals surface area contributed by atoms with Crippen LogP contribution < -0.4 is 5.32 Å². The number of anilines is 1. The Balaban J connectivity index is 2.06. The first-order valence-corrected chi connectivity index (χ1v) is 7.29. The van der Waals surface area contributed by atoms with Gasteiger partial charge in [0.1, 0.15) is 6.07 Å². The van der Waals surface area contributed by atoms with Crippen LogP contribution in [0.25, 0.3) is 0 Å². The molecule has 2 nitrogen and oxygen atoms in total. The average Bonchev–Trinajstić information content (AvgIpc) is 3.19. The number of nitriles is 1. The maximum absolute atomic E-state index is 9.21. The minimum Gasteiger partial charge on any atom is -0.384 e. The highest BCUT2D eigenvalue weighted by molar-refractivity contribution is 7.98. The molecular weight excluding hydrogens is 228 g/mol. The SMILES string of the molecule is CSc1cccc(NCC(C)C2CC2)c1C#N. The van der Waals surface area contributed by atoms with E-state index in [0.29, 0.717) is 5.92 Å². The van der Waals surface area contributed by atoms with Gasteiger partial charge in [0.25, 0.3) is 0 Å². The number of rotatable bonds is 5. The minimum absolute atomic E-state index is 0.708. The highest BCUT2D eigenvalue weighted by atomic mass is 32.2. The molecule has 3 heteroatoms. The van der Waals surface area contributed by atoms with Crippen LogP contribution in [0.4, 0.5) is 5.69 Å². The lowest BCUT2D eigenvalue weighted by Crippen LogP contribution is -2.13. The van der Waals surface area contributed by atoms with E-state index < -0.39 is 0 Å². The second kappa shape index (κ2) is 5.46. The van der Waals surface area contributed by atoms with Crippen molar-refractivity contribution in [3.63, 3.8) is 0 Å². The molecular formula is C14H18N2S. The van der Waals surface area contributed by atoms with E-state index in [1.165, 1.54) is 12.8 Å². The van der Waals surface area contributed by atoms with Crippen LogP contribution in [0.1, 0.15) is 25.3 Å². The number of nitrogens with zero attached hydrogens (tertiary/aromatic N) is 1. The predicted molar refractivity (Wildman–Crippen MR) is 73.3 cm³/mol. The number of nitrogens with one attached hydrogen (secondary N) is 1. The molecule has 0 aromatic heterocycles. The topological polar surface area (TPSA) is 35.8 Å². The highest BCUT2D eigenvalue weighted by Gasteiger charge is 2.27. The Hall–Kier alpha value is -1.14. The third-order valence-electron chi connectivity index (χ3n) is 3.40. The molecule has 0 amide bonds. The van der Waals surface area contributed by atoms with Gasteiger partial charge < -0.3 is 5.32 Å². The van der Waals surface area contributed by atoms with E-state index in [1.54, 1.807) is 11.8 Å². The van der Waals surface area contributed by atoms with Crippen molar-refractivity contribution in [2.24, 2.45) is 11.8 Å². The Morgan fingerprint density at radius 1 is 1.53 bits per heavy atom. The van der Waals surface area contributed by atoms with Gasteiger partial charge in [-0.2, -0.15) is 5.26 Å². The third kappa shape index (κ3) is 2.95. The summed E-state index contributed by atoms with van der Waals surface area (Å²) < 4.78 is 0. The molecule has 1 saturated carbocycles. The van der Waals surface area contributed by atoms with Crippen molar-refractivity contribution < 1.29 is 0 Å². The summed E-state index contributed by atoms with van der Waals surface area (Å²) in [5, 5.41) is 12.6. The van der Waals surface area contributed by atoms with Crippen LogP contribution in [0.2, 0.25) is 0 Å². The molecule has 0 heterocycles. The first-order chi connectivity index (χ1) is 8.26. The zero-order valence-corrected chi connectivity index (χ0v) is 11.2. The number of hydrogen-bond acceptors (Lipinski definition) is 3. The van der Waals surface area contributed by atoms with Crippen molar-refractivity contribution in [2.75, 3.05) is 18.1 Å². The van der Waals surface area contributed by atoms with E-state index >= 15 is 0 Å². The summed E-state index contributed by atoms with van der Waals surface area (Å²) in [6, 6.07) is 8.31. The molecule has 1 atom stereocenters. The van der Waals surface area contributed by atoms with Crippen LogP contribution >= 0.6 is 11.8 Å². The molecule has 1 unspecified atom stereocenters. The lowest BCUT2D eigenvalue weighted by molar-refractivity contribution is 0.536. The molecule has 0 spiro atoms. The Bertz CT molecular complexity index is 432. The molecule has 1 aliphatic carbocycles. The molecule has 1 fully saturated rings. The third-order valence-corrected chi connectivity index (χ3v) is 4.18. The first-order valence-electron chi connectivity index (χ1n) is 6.07. The van der Waals surface area contributed by atoms with Gasteiger partial charge in [0.15, 0.2) is 0 Å². The van der Waals surface area contributed by atoms with Crippen LogP contribution in [0, 0.1) is 23.2 Å².